The average molecular weight is 584 g/mol. The third-order valence-corrected chi connectivity index (χ3v) is 8.37. The zero-order valence-corrected chi connectivity index (χ0v) is 24.1. The molecule has 10 nitrogen and oxygen atoms in total. The minimum atomic E-state index is -1.01. The third kappa shape index (κ3) is 5.19. The number of amides is 2. The number of benzene rings is 2. The first kappa shape index (κ1) is 28.3. The SMILES string of the molecule is CC(C)CC1(c2ccccc2)NC(=N)N(Cc2cccc(C(=O)N3CCC(n4c(=O)[nH]c5nc(F)ccc54)CC3)c2)C1=O. The topological polar surface area (TPSA) is 127 Å². The van der Waals surface area contributed by atoms with E-state index < -0.39 is 11.5 Å². The molecule has 2 saturated heterocycles. The number of imidazole rings is 1. The number of halogens is 1. The Morgan fingerprint density at radius 3 is 2.53 bits per heavy atom. The van der Waals surface area contributed by atoms with Gasteiger partial charge >= 0.3 is 5.69 Å². The number of fused-ring (bicyclic) bond motifs is 1. The van der Waals surface area contributed by atoms with Crippen molar-refractivity contribution < 1.29 is 14.0 Å². The molecule has 2 aliphatic rings. The highest BCUT2D eigenvalue weighted by molar-refractivity contribution is 6.08. The Hall–Kier alpha value is -4.80. The fourth-order valence-corrected chi connectivity index (χ4v) is 6.44. The average Bonchev–Trinajstić information content (AvgIpc) is 3.44. The summed E-state index contributed by atoms with van der Waals surface area (Å²) in [6, 6.07) is 19.4. The van der Waals surface area contributed by atoms with E-state index in [1.807, 2.05) is 36.4 Å². The first-order chi connectivity index (χ1) is 20.7. The van der Waals surface area contributed by atoms with E-state index in [0.717, 1.165) is 11.1 Å². The number of nitrogens with one attached hydrogen (secondary N) is 3. The van der Waals surface area contributed by atoms with Crippen LogP contribution in [0.25, 0.3) is 11.2 Å². The van der Waals surface area contributed by atoms with Gasteiger partial charge in [0.25, 0.3) is 11.8 Å². The van der Waals surface area contributed by atoms with Gasteiger partial charge < -0.3 is 10.2 Å². The molecule has 0 spiro atoms. The summed E-state index contributed by atoms with van der Waals surface area (Å²) < 4.78 is 15.1. The fraction of sp³-hybridized carbons (Fsp3) is 0.344. The van der Waals surface area contributed by atoms with Crippen molar-refractivity contribution in [2.45, 2.75) is 51.2 Å². The van der Waals surface area contributed by atoms with Crippen LogP contribution in [0.1, 0.15) is 60.6 Å². The number of rotatable bonds is 7. The number of carbonyl (C=O) groups is 2. The summed E-state index contributed by atoms with van der Waals surface area (Å²) in [4.78, 5) is 49.6. The number of likely N-dealkylation sites (tertiary alicyclic amines) is 1. The lowest BCUT2D eigenvalue weighted by molar-refractivity contribution is -0.132. The van der Waals surface area contributed by atoms with Crippen LogP contribution in [-0.2, 0) is 16.9 Å². The molecule has 2 aromatic heterocycles. The maximum Gasteiger partial charge on any atom is 0.327 e. The maximum absolute atomic E-state index is 13.9. The quantitative estimate of drug-likeness (QED) is 0.282. The van der Waals surface area contributed by atoms with Crippen molar-refractivity contribution in [3.05, 3.63) is 99.9 Å². The highest BCUT2D eigenvalue weighted by atomic mass is 19.1. The number of aromatic amines is 1. The van der Waals surface area contributed by atoms with Crippen LogP contribution in [0, 0.1) is 17.3 Å². The van der Waals surface area contributed by atoms with E-state index in [2.05, 4.69) is 29.1 Å². The van der Waals surface area contributed by atoms with Gasteiger partial charge in [-0.15, -0.1) is 0 Å². The number of hydrogen-bond donors (Lipinski definition) is 3. The molecule has 3 N–H and O–H groups in total. The minimum absolute atomic E-state index is 0.0405. The number of piperidine rings is 1. The van der Waals surface area contributed by atoms with Crippen molar-refractivity contribution in [2.75, 3.05) is 13.1 Å². The maximum atomic E-state index is 13.9. The molecule has 2 fully saturated rings. The van der Waals surface area contributed by atoms with E-state index in [-0.39, 0.29) is 47.6 Å². The van der Waals surface area contributed by atoms with Crippen LogP contribution in [0.2, 0.25) is 0 Å². The largest absolute Gasteiger partial charge is 0.338 e. The molecule has 2 amide bonds. The minimum Gasteiger partial charge on any atom is -0.338 e. The van der Waals surface area contributed by atoms with Gasteiger partial charge in [-0.3, -0.25) is 29.4 Å². The summed E-state index contributed by atoms with van der Waals surface area (Å²) in [6.45, 7) is 5.19. The molecule has 43 heavy (non-hydrogen) atoms. The second-order valence-electron chi connectivity index (χ2n) is 11.8. The van der Waals surface area contributed by atoms with Crippen molar-refractivity contribution in [1.82, 2.24) is 29.7 Å². The molecule has 0 saturated carbocycles. The lowest BCUT2D eigenvalue weighted by Crippen LogP contribution is -2.45. The number of hydrogen-bond acceptors (Lipinski definition) is 5. The van der Waals surface area contributed by atoms with E-state index >= 15 is 0 Å². The summed E-state index contributed by atoms with van der Waals surface area (Å²) >= 11 is 0. The highest BCUT2D eigenvalue weighted by Crippen LogP contribution is 2.36. The molecule has 2 aliphatic heterocycles. The monoisotopic (exact) mass is 583 g/mol. The van der Waals surface area contributed by atoms with Crippen molar-refractivity contribution in [1.29, 1.82) is 5.41 Å². The number of guanidine groups is 1. The second kappa shape index (κ2) is 11.1. The molecule has 0 aliphatic carbocycles. The summed E-state index contributed by atoms with van der Waals surface area (Å²) in [6.07, 6.45) is 1.68. The fourth-order valence-electron chi connectivity index (χ4n) is 6.44. The van der Waals surface area contributed by atoms with Crippen LogP contribution in [0.15, 0.2) is 71.5 Å². The van der Waals surface area contributed by atoms with Crippen molar-refractivity contribution in [3.63, 3.8) is 0 Å². The second-order valence-corrected chi connectivity index (χ2v) is 11.8. The zero-order chi connectivity index (χ0) is 30.3. The molecule has 1 atom stereocenters. The van der Waals surface area contributed by atoms with Gasteiger partial charge in [-0.1, -0.05) is 56.3 Å². The van der Waals surface area contributed by atoms with Crippen LogP contribution in [-0.4, -0.2) is 55.2 Å². The molecule has 6 rings (SSSR count). The van der Waals surface area contributed by atoms with Gasteiger partial charge in [0.15, 0.2) is 11.6 Å². The summed E-state index contributed by atoms with van der Waals surface area (Å²) in [5, 5.41) is 11.9. The molecule has 0 radical (unpaired) electrons. The number of nitrogens with zero attached hydrogens (tertiary/aromatic N) is 4. The number of pyridine rings is 1. The van der Waals surface area contributed by atoms with E-state index in [0.29, 0.717) is 43.4 Å². The van der Waals surface area contributed by atoms with E-state index in [4.69, 9.17) is 5.41 Å². The normalized spacial score (nSPS) is 19.4. The molecule has 0 bridgehead atoms. The first-order valence-corrected chi connectivity index (χ1v) is 14.6. The number of carbonyl (C=O) groups excluding carboxylic acids is 2. The van der Waals surface area contributed by atoms with E-state index in [1.165, 1.54) is 11.0 Å². The lowest BCUT2D eigenvalue weighted by Gasteiger charge is -2.32. The Labute approximate surface area is 248 Å². The Kier molecular flexibility index (Phi) is 7.33. The lowest BCUT2D eigenvalue weighted by atomic mass is 9.82. The third-order valence-electron chi connectivity index (χ3n) is 8.37. The predicted octanol–water partition coefficient (Wildman–Crippen LogP) is 4.15. The van der Waals surface area contributed by atoms with Crippen LogP contribution in [0.4, 0.5) is 4.39 Å². The van der Waals surface area contributed by atoms with Gasteiger partial charge in [0.05, 0.1) is 12.1 Å². The summed E-state index contributed by atoms with van der Waals surface area (Å²) in [7, 11) is 0. The van der Waals surface area contributed by atoms with Gasteiger partial charge in [-0.25, -0.2) is 4.79 Å². The molecule has 1 unspecified atom stereocenters. The van der Waals surface area contributed by atoms with Crippen LogP contribution in [0.5, 0.6) is 0 Å². The van der Waals surface area contributed by atoms with E-state index in [9.17, 15) is 18.8 Å². The smallest absolute Gasteiger partial charge is 0.327 e. The molecular weight excluding hydrogens is 549 g/mol. The van der Waals surface area contributed by atoms with E-state index in [1.54, 1.807) is 33.7 Å². The van der Waals surface area contributed by atoms with Gasteiger partial charge in [0, 0.05) is 24.7 Å². The van der Waals surface area contributed by atoms with Crippen LogP contribution < -0.4 is 11.0 Å². The Bertz CT molecular complexity index is 1760. The van der Waals surface area contributed by atoms with Gasteiger partial charge in [0.1, 0.15) is 5.54 Å². The van der Waals surface area contributed by atoms with Crippen LogP contribution >= 0.6 is 0 Å². The van der Waals surface area contributed by atoms with Gasteiger partial charge in [0.2, 0.25) is 5.95 Å². The summed E-state index contributed by atoms with van der Waals surface area (Å²) in [5.74, 6) is -0.712. The van der Waals surface area contributed by atoms with Crippen molar-refractivity contribution >= 4 is 28.9 Å². The molecule has 11 heteroatoms. The first-order valence-electron chi connectivity index (χ1n) is 14.6. The van der Waals surface area contributed by atoms with Crippen molar-refractivity contribution in [2.24, 2.45) is 5.92 Å². The molecule has 222 valence electrons. The van der Waals surface area contributed by atoms with Crippen LogP contribution in [0.3, 0.4) is 0 Å². The van der Waals surface area contributed by atoms with Gasteiger partial charge in [-0.05, 0) is 60.6 Å². The van der Waals surface area contributed by atoms with Crippen molar-refractivity contribution in [3.8, 4) is 0 Å². The Morgan fingerprint density at radius 1 is 1.07 bits per heavy atom. The molecule has 2 aromatic carbocycles. The molecular formula is C32H34FN7O3. The predicted molar refractivity (Wildman–Crippen MR) is 160 cm³/mol. The van der Waals surface area contributed by atoms with Gasteiger partial charge in [-0.2, -0.15) is 9.37 Å². The number of H-pyrrole nitrogens is 1. The Morgan fingerprint density at radius 2 is 1.81 bits per heavy atom. The zero-order valence-electron chi connectivity index (χ0n) is 24.1. The molecule has 4 aromatic rings. The molecule has 4 heterocycles. The summed E-state index contributed by atoms with van der Waals surface area (Å²) in [5.41, 5.74) is 1.48. The standard InChI is InChI=1S/C32H34FN7O3/c1-20(2)18-32(23-9-4-3-5-10-23)29(42)39(30(34)37-32)19-21-7-6-8-22(17-21)28(41)38-15-13-24(14-16-38)40-25-11-12-26(33)35-27(25)36-31(40)43/h3-12,17,20,24H,13-16,18-19H2,1-2H3,(H2,34,37)(H,35,36,43). The Balaban J connectivity index is 1.16. The highest BCUT2D eigenvalue weighted by Gasteiger charge is 2.50. The number of aromatic nitrogens is 3.